The maximum atomic E-state index is 2.22. The van der Waals surface area contributed by atoms with Crippen LogP contribution in [0.5, 0.6) is 0 Å². The maximum absolute atomic E-state index is 2.22. The van der Waals surface area contributed by atoms with Crippen molar-refractivity contribution in [2.45, 2.75) is 13.8 Å². The van der Waals surface area contributed by atoms with Gasteiger partial charge in [0.05, 0.1) is 0 Å². The van der Waals surface area contributed by atoms with Crippen molar-refractivity contribution in [2.75, 3.05) is 18.5 Å². The van der Waals surface area contributed by atoms with E-state index in [1.54, 1.807) is 0 Å². The molecule has 0 aliphatic carbocycles. The average Bonchev–Trinajstić information content (AvgIpc) is 2.15. The van der Waals surface area contributed by atoms with E-state index >= 15 is 0 Å². The van der Waals surface area contributed by atoms with E-state index in [0.29, 0.717) is 0 Å². The summed E-state index contributed by atoms with van der Waals surface area (Å²) >= 11 is 0. The van der Waals surface area contributed by atoms with Crippen molar-refractivity contribution in [1.82, 2.24) is 0 Å². The van der Waals surface area contributed by atoms with E-state index in [-0.39, 0.29) is 0 Å². The number of hydrogen-bond donors (Lipinski definition) is 0. The summed E-state index contributed by atoms with van der Waals surface area (Å²) in [5.41, 5.74) is 2.58. The van der Waals surface area contributed by atoms with E-state index in [0.717, 1.165) is 6.54 Å². The van der Waals surface area contributed by atoms with E-state index < -0.39 is 0 Å². The molecule has 0 bridgehead atoms. The Hall–Kier alpha value is -1.24. The fraction of sp³-hybridized carbons (Fsp3) is 0.333. The molecule has 0 heterocycles. The number of allylic oxidation sites excluding steroid dienone is 1. The molecule has 0 spiro atoms. The molecule has 0 aliphatic heterocycles. The summed E-state index contributed by atoms with van der Waals surface area (Å²) < 4.78 is 0. The number of anilines is 1. The van der Waals surface area contributed by atoms with Crippen molar-refractivity contribution in [1.29, 1.82) is 0 Å². The third-order valence-electron chi connectivity index (χ3n) is 2.09. The second-order valence-electron chi connectivity index (χ2n) is 3.29. The minimum atomic E-state index is 0.972. The third kappa shape index (κ3) is 2.94. The van der Waals surface area contributed by atoms with Gasteiger partial charge in [-0.25, -0.2) is 0 Å². The van der Waals surface area contributed by atoms with Gasteiger partial charge >= 0.3 is 0 Å². The lowest BCUT2D eigenvalue weighted by atomic mass is 10.2. The molecule has 13 heavy (non-hydrogen) atoms. The molecule has 0 radical (unpaired) electrons. The number of rotatable bonds is 3. The summed E-state index contributed by atoms with van der Waals surface area (Å²) in [6.07, 6.45) is 4.23. The quantitative estimate of drug-likeness (QED) is 0.638. The van der Waals surface area contributed by atoms with E-state index in [4.69, 9.17) is 0 Å². The highest BCUT2D eigenvalue weighted by molar-refractivity contribution is 5.47. The number of likely N-dealkylation sites (N-methyl/N-ethyl adjacent to an activating group) is 1. The highest BCUT2D eigenvalue weighted by Crippen LogP contribution is 2.12. The van der Waals surface area contributed by atoms with Gasteiger partial charge in [-0.05, 0) is 26.0 Å². The molecule has 0 aromatic heterocycles. The van der Waals surface area contributed by atoms with Crippen LogP contribution in [0, 0.1) is 6.92 Å². The van der Waals surface area contributed by atoms with Crippen LogP contribution in [0.4, 0.5) is 5.69 Å². The standard InChI is InChI=1S/C12H17N/c1-4-5-10-13(3)12-8-6-11(2)7-9-12/h4-9H,10H2,1-3H3/b5-4-. The van der Waals surface area contributed by atoms with Crippen LogP contribution in [-0.4, -0.2) is 13.6 Å². The monoisotopic (exact) mass is 175 g/mol. The minimum absolute atomic E-state index is 0.972. The zero-order valence-corrected chi connectivity index (χ0v) is 8.62. The molecule has 0 saturated heterocycles. The van der Waals surface area contributed by atoms with Crippen LogP contribution in [0.2, 0.25) is 0 Å². The molecular weight excluding hydrogens is 158 g/mol. The fourth-order valence-electron chi connectivity index (χ4n) is 1.17. The van der Waals surface area contributed by atoms with Crippen LogP contribution < -0.4 is 4.90 Å². The van der Waals surface area contributed by atoms with E-state index in [1.165, 1.54) is 11.3 Å². The van der Waals surface area contributed by atoms with Crippen molar-refractivity contribution in [3.05, 3.63) is 42.0 Å². The fourth-order valence-corrected chi connectivity index (χ4v) is 1.17. The Morgan fingerprint density at radius 1 is 1.23 bits per heavy atom. The van der Waals surface area contributed by atoms with E-state index in [9.17, 15) is 0 Å². The Morgan fingerprint density at radius 2 is 1.85 bits per heavy atom. The lowest BCUT2D eigenvalue weighted by Crippen LogP contribution is -2.16. The van der Waals surface area contributed by atoms with Crippen LogP contribution in [0.25, 0.3) is 0 Å². The molecular formula is C12H17N. The zero-order chi connectivity index (χ0) is 9.68. The normalized spacial score (nSPS) is 10.7. The zero-order valence-electron chi connectivity index (χ0n) is 8.62. The molecule has 0 fully saturated rings. The molecule has 0 saturated carbocycles. The van der Waals surface area contributed by atoms with Crippen molar-refractivity contribution < 1.29 is 0 Å². The van der Waals surface area contributed by atoms with Gasteiger partial charge in [-0.3, -0.25) is 0 Å². The SMILES string of the molecule is C/C=C\CN(C)c1ccc(C)cc1. The molecule has 1 aromatic carbocycles. The molecule has 0 amide bonds. The maximum Gasteiger partial charge on any atom is 0.0366 e. The molecule has 0 aliphatic rings. The molecule has 1 nitrogen and oxygen atoms in total. The van der Waals surface area contributed by atoms with Crippen LogP contribution in [0.1, 0.15) is 12.5 Å². The van der Waals surface area contributed by atoms with Gasteiger partial charge in [0.25, 0.3) is 0 Å². The second-order valence-corrected chi connectivity index (χ2v) is 3.29. The van der Waals surface area contributed by atoms with Gasteiger partial charge in [-0.15, -0.1) is 0 Å². The van der Waals surface area contributed by atoms with E-state index in [1.807, 2.05) is 6.92 Å². The highest BCUT2D eigenvalue weighted by Gasteiger charge is 1.96. The lowest BCUT2D eigenvalue weighted by molar-refractivity contribution is 1.03. The van der Waals surface area contributed by atoms with Gasteiger partial charge < -0.3 is 4.90 Å². The average molecular weight is 175 g/mol. The summed E-state index contributed by atoms with van der Waals surface area (Å²) in [6, 6.07) is 8.58. The first-order valence-corrected chi connectivity index (χ1v) is 4.63. The van der Waals surface area contributed by atoms with Crippen molar-refractivity contribution in [2.24, 2.45) is 0 Å². The summed E-state index contributed by atoms with van der Waals surface area (Å²) in [7, 11) is 2.10. The lowest BCUT2D eigenvalue weighted by Gasteiger charge is -2.17. The Bertz CT molecular complexity index is 272. The van der Waals surface area contributed by atoms with Crippen molar-refractivity contribution >= 4 is 5.69 Å². The van der Waals surface area contributed by atoms with Crippen LogP contribution in [0.3, 0.4) is 0 Å². The Labute approximate surface area is 80.7 Å². The molecule has 70 valence electrons. The summed E-state index contributed by atoms with van der Waals surface area (Å²) in [5.74, 6) is 0. The predicted octanol–water partition coefficient (Wildman–Crippen LogP) is 3.01. The molecule has 1 rings (SSSR count). The predicted molar refractivity (Wildman–Crippen MR) is 59.3 cm³/mol. The van der Waals surface area contributed by atoms with Gasteiger partial charge in [-0.2, -0.15) is 0 Å². The Morgan fingerprint density at radius 3 is 2.38 bits per heavy atom. The Kier molecular flexibility index (Phi) is 3.56. The summed E-state index contributed by atoms with van der Waals surface area (Å²) in [5, 5.41) is 0. The Balaban J connectivity index is 2.66. The van der Waals surface area contributed by atoms with Gasteiger partial charge in [0.1, 0.15) is 0 Å². The highest BCUT2D eigenvalue weighted by atomic mass is 15.1. The molecule has 1 heteroatoms. The number of benzene rings is 1. The number of aryl methyl sites for hydroxylation is 1. The van der Waals surface area contributed by atoms with Gasteiger partial charge in [0.2, 0.25) is 0 Å². The minimum Gasteiger partial charge on any atom is -0.371 e. The van der Waals surface area contributed by atoms with Crippen LogP contribution >= 0.6 is 0 Å². The number of hydrogen-bond acceptors (Lipinski definition) is 1. The first-order valence-electron chi connectivity index (χ1n) is 4.63. The van der Waals surface area contributed by atoms with E-state index in [2.05, 4.69) is 55.3 Å². The second kappa shape index (κ2) is 4.70. The topological polar surface area (TPSA) is 3.24 Å². The van der Waals surface area contributed by atoms with Gasteiger partial charge in [0, 0.05) is 19.3 Å². The first-order chi connectivity index (χ1) is 6.24. The van der Waals surface area contributed by atoms with Crippen LogP contribution in [0.15, 0.2) is 36.4 Å². The van der Waals surface area contributed by atoms with Gasteiger partial charge in [0.15, 0.2) is 0 Å². The third-order valence-corrected chi connectivity index (χ3v) is 2.09. The molecule has 0 atom stereocenters. The first kappa shape index (κ1) is 9.85. The molecule has 0 N–H and O–H groups in total. The van der Waals surface area contributed by atoms with Crippen molar-refractivity contribution in [3.8, 4) is 0 Å². The van der Waals surface area contributed by atoms with Crippen LogP contribution in [-0.2, 0) is 0 Å². The van der Waals surface area contributed by atoms with Gasteiger partial charge in [-0.1, -0.05) is 29.8 Å². The molecule has 0 unspecified atom stereocenters. The smallest absolute Gasteiger partial charge is 0.0366 e. The molecule has 1 aromatic rings. The van der Waals surface area contributed by atoms with Crippen molar-refractivity contribution in [3.63, 3.8) is 0 Å². The summed E-state index contributed by atoms with van der Waals surface area (Å²) in [6.45, 7) is 5.12. The summed E-state index contributed by atoms with van der Waals surface area (Å²) in [4.78, 5) is 2.22. The number of nitrogens with zero attached hydrogens (tertiary/aromatic N) is 1. The largest absolute Gasteiger partial charge is 0.371 e.